The Labute approximate surface area is 313 Å². The van der Waals surface area contributed by atoms with Crippen LogP contribution in [0.15, 0.2) is 195 Å². The second kappa shape index (κ2) is 13.4. The van der Waals surface area contributed by atoms with Gasteiger partial charge >= 0.3 is 0 Å². The van der Waals surface area contributed by atoms with Crippen molar-refractivity contribution in [3.8, 4) is 67.3 Å². The Kier molecular flexibility index (Phi) is 7.77. The van der Waals surface area contributed by atoms with Crippen LogP contribution in [-0.2, 0) is 0 Å². The molecule has 0 radical (unpaired) electrons. The SMILES string of the molecule is c1ccc(-c2c3ccccc3c(-c3cccc(-c4nc(-c5cccc(-c6cccnc6)c5)cc(-c5cncc6ccccc56)n4)c3)c3ccccc23)cc1. The molecule has 252 valence electrons. The third-order valence-corrected chi connectivity index (χ3v) is 10.2. The lowest BCUT2D eigenvalue weighted by molar-refractivity contribution is 1.18. The molecule has 4 nitrogen and oxygen atoms in total. The van der Waals surface area contributed by atoms with Gasteiger partial charge in [0, 0.05) is 52.4 Å². The van der Waals surface area contributed by atoms with E-state index in [1.165, 1.54) is 38.2 Å². The van der Waals surface area contributed by atoms with E-state index in [9.17, 15) is 0 Å². The van der Waals surface area contributed by atoms with Crippen molar-refractivity contribution in [2.75, 3.05) is 0 Å². The molecule has 0 fully saturated rings. The van der Waals surface area contributed by atoms with Gasteiger partial charge in [-0.3, -0.25) is 9.97 Å². The molecule has 10 rings (SSSR count). The average Bonchev–Trinajstić information content (AvgIpc) is 3.26. The van der Waals surface area contributed by atoms with E-state index in [1.807, 2.05) is 30.7 Å². The van der Waals surface area contributed by atoms with E-state index in [4.69, 9.17) is 9.97 Å². The highest BCUT2D eigenvalue weighted by Crippen LogP contribution is 2.44. The van der Waals surface area contributed by atoms with Crippen LogP contribution in [0.2, 0.25) is 0 Å². The third kappa shape index (κ3) is 5.58. The zero-order valence-electron chi connectivity index (χ0n) is 29.3. The first-order valence-electron chi connectivity index (χ1n) is 18.1. The fraction of sp³-hybridized carbons (Fsp3) is 0. The summed E-state index contributed by atoms with van der Waals surface area (Å²) in [5, 5.41) is 7.01. The molecule has 0 spiro atoms. The van der Waals surface area contributed by atoms with Crippen LogP contribution in [0.5, 0.6) is 0 Å². The van der Waals surface area contributed by atoms with Gasteiger partial charge in [-0.25, -0.2) is 9.97 Å². The minimum atomic E-state index is 0.651. The molecule has 54 heavy (non-hydrogen) atoms. The van der Waals surface area contributed by atoms with E-state index in [0.717, 1.165) is 55.5 Å². The van der Waals surface area contributed by atoms with Crippen molar-refractivity contribution in [3.63, 3.8) is 0 Å². The molecular formula is C50H32N4. The largest absolute Gasteiger partial charge is 0.264 e. The maximum atomic E-state index is 5.28. The Balaban J connectivity index is 1.19. The van der Waals surface area contributed by atoms with Gasteiger partial charge in [0.1, 0.15) is 0 Å². The Hall–Kier alpha value is -7.30. The molecule has 3 aromatic heterocycles. The third-order valence-electron chi connectivity index (χ3n) is 10.2. The number of hydrogen-bond acceptors (Lipinski definition) is 4. The molecule has 7 aromatic carbocycles. The minimum Gasteiger partial charge on any atom is -0.264 e. The normalized spacial score (nSPS) is 11.3. The summed E-state index contributed by atoms with van der Waals surface area (Å²) >= 11 is 0. The molecule has 3 heterocycles. The van der Waals surface area contributed by atoms with E-state index in [-0.39, 0.29) is 0 Å². The topological polar surface area (TPSA) is 51.6 Å². The first-order chi connectivity index (χ1) is 26.8. The lowest BCUT2D eigenvalue weighted by Crippen LogP contribution is -1.97. The average molecular weight is 689 g/mol. The highest BCUT2D eigenvalue weighted by molar-refractivity contribution is 6.21. The lowest BCUT2D eigenvalue weighted by Gasteiger charge is -2.18. The lowest BCUT2D eigenvalue weighted by atomic mass is 9.85. The van der Waals surface area contributed by atoms with E-state index in [1.54, 1.807) is 6.20 Å². The van der Waals surface area contributed by atoms with Crippen molar-refractivity contribution in [3.05, 3.63) is 195 Å². The van der Waals surface area contributed by atoms with Gasteiger partial charge in [0.2, 0.25) is 0 Å². The number of fused-ring (bicyclic) bond motifs is 3. The molecule has 0 bridgehead atoms. The number of aromatic nitrogens is 4. The predicted octanol–water partition coefficient (Wildman–Crippen LogP) is 12.7. The van der Waals surface area contributed by atoms with Crippen molar-refractivity contribution in [2.45, 2.75) is 0 Å². The fourth-order valence-electron chi connectivity index (χ4n) is 7.74. The second-order valence-corrected chi connectivity index (χ2v) is 13.5. The summed E-state index contributed by atoms with van der Waals surface area (Å²) < 4.78 is 0. The number of rotatable bonds is 6. The number of pyridine rings is 2. The number of nitrogens with zero attached hydrogens (tertiary/aromatic N) is 4. The smallest absolute Gasteiger partial charge is 0.160 e. The molecular weight excluding hydrogens is 657 g/mol. The minimum absolute atomic E-state index is 0.651. The summed E-state index contributed by atoms with van der Waals surface area (Å²) in [7, 11) is 0. The second-order valence-electron chi connectivity index (χ2n) is 13.5. The van der Waals surface area contributed by atoms with Crippen LogP contribution in [0, 0.1) is 0 Å². The zero-order chi connectivity index (χ0) is 35.8. The standard InChI is InChI=1S/C50H32N4/c1-2-13-33(14-3-1)48-41-22-6-8-24-43(41)49(44-25-9-7-23-42(44)48)36-18-11-19-37(28-36)50-53-46(35-17-10-16-34(27-35)38-20-12-26-51-30-38)29-47(54-50)45-32-52-31-39-15-4-5-21-40(39)45/h1-32H. The van der Waals surface area contributed by atoms with E-state index in [2.05, 4.69) is 168 Å². The van der Waals surface area contributed by atoms with Crippen molar-refractivity contribution >= 4 is 32.3 Å². The first kappa shape index (κ1) is 31.4. The number of hydrogen-bond donors (Lipinski definition) is 0. The van der Waals surface area contributed by atoms with Gasteiger partial charge in [0.15, 0.2) is 5.82 Å². The highest BCUT2D eigenvalue weighted by atomic mass is 14.9. The highest BCUT2D eigenvalue weighted by Gasteiger charge is 2.18. The van der Waals surface area contributed by atoms with Gasteiger partial charge in [-0.1, -0.05) is 146 Å². The van der Waals surface area contributed by atoms with Crippen LogP contribution >= 0.6 is 0 Å². The molecule has 10 aromatic rings. The predicted molar refractivity (Wildman–Crippen MR) is 223 cm³/mol. The Bertz CT molecular complexity index is 2930. The molecule has 0 N–H and O–H groups in total. The van der Waals surface area contributed by atoms with Crippen molar-refractivity contribution < 1.29 is 0 Å². The van der Waals surface area contributed by atoms with E-state index in [0.29, 0.717) is 5.82 Å². The molecule has 0 saturated carbocycles. The Morgan fingerprint density at radius 1 is 0.315 bits per heavy atom. The van der Waals surface area contributed by atoms with Gasteiger partial charge in [0.05, 0.1) is 11.4 Å². The summed E-state index contributed by atoms with van der Waals surface area (Å²) in [6, 6.07) is 59.8. The van der Waals surface area contributed by atoms with E-state index < -0.39 is 0 Å². The summed E-state index contributed by atoms with van der Waals surface area (Å²) in [4.78, 5) is 19.5. The quantitative estimate of drug-likeness (QED) is 0.163. The van der Waals surface area contributed by atoms with Crippen LogP contribution < -0.4 is 0 Å². The molecule has 4 heteroatoms. The van der Waals surface area contributed by atoms with Crippen LogP contribution in [0.4, 0.5) is 0 Å². The van der Waals surface area contributed by atoms with Crippen molar-refractivity contribution in [1.82, 2.24) is 19.9 Å². The Morgan fingerprint density at radius 3 is 1.59 bits per heavy atom. The molecule has 0 saturated heterocycles. The zero-order valence-corrected chi connectivity index (χ0v) is 29.3. The van der Waals surface area contributed by atoms with Crippen LogP contribution in [0.3, 0.4) is 0 Å². The first-order valence-corrected chi connectivity index (χ1v) is 18.1. The fourth-order valence-corrected chi connectivity index (χ4v) is 7.74. The summed E-state index contributed by atoms with van der Waals surface area (Å²) in [5.74, 6) is 0.651. The van der Waals surface area contributed by atoms with Crippen LogP contribution in [-0.4, -0.2) is 19.9 Å². The van der Waals surface area contributed by atoms with Crippen molar-refractivity contribution in [1.29, 1.82) is 0 Å². The summed E-state index contributed by atoms with van der Waals surface area (Å²) in [6.07, 6.45) is 7.50. The van der Waals surface area contributed by atoms with E-state index >= 15 is 0 Å². The summed E-state index contributed by atoms with van der Waals surface area (Å²) in [6.45, 7) is 0. The van der Waals surface area contributed by atoms with Crippen LogP contribution in [0.25, 0.3) is 99.6 Å². The molecule has 0 aliphatic rings. The maximum Gasteiger partial charge on any atom is 0.160 e. The summed E-state index contributed by atoms with van der Waals surface area (Å²) in [5.41, 5.74) is 11.4. The van der Waals surface area contributed by atoms with Crippen LogP contribution in [0.1, 0.15) is 0 Å². The molecule has 0 aliphatic carbocycles. The van der Waals surface area contributed by atoms with Gasteiger partial charge in [0.25, 0.3) is 0 Å². The molecule has 0 atom stereocenters. The Morgan fingerprint density at radius 2 is 0.870 bits per heavy atom. The van der Waals surface area contributed by atoms with Gasteiger partial charge in [-0.2, -0.15) is 0 Å². The van der Waals surface area contributed by atoms with Crippen molar-refractivity contribution in [2.24, 2.45) is 0 Å². The number of benzene rings is 7. The monoisotopic (exact) mass is 688 g/mol. The van der Waals surface area contributed by atoms with Gasteiger partial charge in [-0.15, -0.1) is 0 Å². The molecule has 0 unspecified atom stereocenters. The van der Waals surface area contributed by atoms with Gasteiger partial charge in [-0.05, 0) is 79.0 Å². The van der Waals surface area contributed by atoms with Gasteiger partial charge < -0.3 is 0 Å². The molecule has 0 amide bonds. The maximum absolute atomic E-state index is 5.28. The molecule has 0 aliphatic heterocycles.